The number of aromatic nitrogens is 1. The highest BCUT2D eigenvalue weighted by Gasteiger charge is 2.30. The van der Waals surface area contributed by atoms with Crippen molar-refractivity contribution in [3.05, 3.63) is 36.0 Å². The van der Waals surface area contributed by atoms with Crippen LogP contribution in [0.25, 0.3) is 10.9 Å². The molecule has 0 bridgehead atoms. The second-order valence-corrected chi connectivity index (χ2v) is 7.16. The van der Waals surface area contributed by atoms with Crippen LogP contribution in [-0.2, 0) is 6.54 Å². The molecular weight excluding hydrogens is 302 g/mol. The Bertz CT molecular complexity index is 700. The van der Waals surface area contributed by atoms with Gasteiger partial charge in [-0.3, -0.25) is 0 Å². The molecule has 1 aliphatic heterocycles. The minimum atomic E-state index is -0.391. The van der Waals surface area contributed by atoms with Gasteiger partial charge in [0.2, 0.25) is 0 Å². The second-order valence-electron chi connectivity index (χ2n) is 7.16. The lowest BCUT2D eigenvalue weighted by Gasteiger charge is -2.37. The summed E-state index contributed by atoms with van der Waals surface area (Å²) < 4.78 is 2.07. The molecular formula is C19H28N3O2+. The molecule has 0 aliphatic carbocycles. The SMILES string of the molecule is C[C@@H]1CCC[C@H](C)[NH+]1C[C@@H](O)Cn1cc(/C=N\O)c2ccccc21. The van der Waals surface area contributed by atoms with E-state index in [1.807, 2.05) is 30.5 Å². The molecule has 5 heteroatoms. The number of piperidine rings is 1. The third-order valence-electron chi connectivity index (χ3n) is 5.44. The Morgan fingerprint density at radius 1 is 1.29 bits per heavy atom. The van der Waals surface area contributed by atoms with Gasteiger partial charge in [-0.1, -0.05) is 23.4 Å². The molecule has 4 atom stereocenters. The van der Waals surface area contributed by atoms with Crippen molar-refractivity contribution in [1.29, 1.82) is 0 Å². The highest BCUT2D eigenvalue weighted by Crippen LogP contribution is 2.20. The quantitative estimate of drug-likeness (QED) is 0.443. The number of benzene rings is 1. The van der Waals surface area contributed by atoms with Crippen LogP contribution in [0.5, 0.6) is 0 Å². The molecule has 130 valence electrons. The lowest BCUT2D eigenvalue weighted by atomic mass is 9.97. The predicted molar refractivity (Wildman–Crippen MR) is 95.9 cm³/mol. The van der Waals surface area contributed by atoms with Crippen LogP contribution in [0, 0.1) is 0 Å². The molecule has 2 aromatic rings. The Hall–Kier alpha value is -1.85. The number of rotatable bonds is 5. The van der Waals surface area contributed by atoms with E-state index in [4.69, 9.17) is 5.21 Å². The van der Waals surface area contributed by atoms with Crippen LogP contribution in [0.15, 0.2) is 35.6 Å². The molecule has 1 fully saturated rings. The van der Waals surface area contributed by atoms with E-state index in [-0.39, 0.29) is 0 Å². The first kappa shape index (κ1) is 17.0. The number of fused-ring (bicyclic) bond motifs is 1. The van der Waals surface area contributed by atoms with Crippen LogP contribution in [0.3, 0.4) is 0 Å². The number of nitrogens with one attached hydrogen (secondary N) is 1. The molecule has 0 amide bonds. The van der Waals surface area contributed by atoms with Gasteiger partial charge in [0, 0.05) is 22.7 Å². The zero-order valence-corrected chi connectivity index (χ0v) is 14.5. The largest absolute Gasteiger partial charge is 0.411 e. The van der Waals surface area contributed by atoms with Gasteiger partial charge in [0.15, 0.2) is 0 Å². The molecule has 0 saturated carbocycles. The number of hydrogen-bond donors (Lipinski definition) is 3. The molecule has 24 heavy (non-hydrogen) atoms. The van der Waals surface area contributed by atoms with Crippen molar-refractivity contribution in [3.63, 3.8) is 0 Å². The summed E-state index contributed by atoms with van der Waals surface area (Å²) >= 11 is 0. The monoisotopic (exact) mass is 330 g/mol. The maximum absolute atomic E-state index is 10.7. The summed E-state index contributed by atoms with van der Waals surface area (Å²) in [5.41, 5.74) is 1.92. The number of quaternary nitrogens is 1. The number of nitrogens with zero attached hydrogens (tertiary/aromatic N) is 2. The van der Waals surface area contributed by atoms with Crippen molar-refractivity contribution in [2.45, 2.75) is 57.8 Å². The molecule has 3 N–H and O–H groups in total. The Balaban J connectivity index is 1.77. The smallest absolute Gasteiger partial charge is 0.121 e. The highest BCUT2D eigenvalue weighted by molar-refractivity contribution is 5.99. The number of para-hydroxylation sites is 1. The van der Waals surface area contributed by atoms with Crippen molar-refractivity contribution in [2.75, 3.05) is 6.54 Å². The standard InChI is InChI=1S/C19H27N3O2/c1-14-6-5-7-15(2)22(14)13-17(23)12-21-11-16(10-20-24)18-8-3-4-9-19(18)21/h3-4,8-11,14-15,17,23-24H,5-7,12-13H2,1-2H3/p+1/b20-10-/t14-,15+,17-/m0/s1. The van der Waals surface area contributed by atoms with Crippen LogP contribution in [0.2, 0.25) is 0 Å². The summed E-state index contributed by atoms with van der Waals surface area (Å²) in [6.45, 7) is 5.91. The van der Waals surface area contributed by atoms with Gasteiger partial charge in [-0.05, 0) is 39.2 Å². The molecule has 0 spiro atoms. The van der Waals surface area contributed by atoms with Gasteiger partial charge in [0.05, 0.1) is 24.8 Å². The van der Waals surface area contributed by atoms with Gasteiger partial charge in [0.1, 0.15) is 12.6 Å². The van der Waals surface area contributed by atoms with Gasteiger partial charge in [-0.25, -0.2) is 0 Å². The van der Waals surface area contributed by atoms with Crippen molar-refractivity contribution in [3.8, 4) is 0 Å². The molecule has 1 saturated heterocycles. The van der Waals surface area contributed by atoms with Crippen molar-refractivity contribution in [1.82, 2.24) is 4.57 Å². The highest BCUT2D eigenvalue weighted by atomic mass is 16.4. The van der Waals surface area contributed by atoms with Crippen molar-refractivity contribution >= 4 is 17.1 Å². The van der Waals surface area contributed by atoms with Gasteiger partial charge < -0.3 is 19.8 Å². The molecule has 2 heterocycles. The minimum absolute atomic E-state index is 0.391. The van der Waals surface area contributed by atoms with Crippen LogP contribution in [-0.4, -0.2) is 45.8 Å². The number of hydrogen-bond acceptors (Lipinski definition) is 3. The van der Waals surface area contributed by atoms with E-state index < -0.39 is 6.10 Å². The van der Waals surface area contributed by atoms with E-state index in [1.165, 1.54) is 30.4 Å². The maximum Gasteiger partial charge on any atom is 0.121 e. The third kappa shape index (κ3) is 3.47. The Kier molecular flexibility index (Phi) is 5.21. The minimum Gasteiger partial charge on any atom is -0.411 e. The van der Waals surface area contributed by atoms with E-state index in [9.17, 15) is 5.11 Å². The Morgan fingerprint density at radius 2 is 2.00 bits per heavy atom. The van der Waals surface area contributed by atoms with Crippen molar-refractivity contribution < 1.29 is 15.2 Å². The molecule has 5 nitrogen and oxygen atoms in total. The molecule has 1 aliphatic rings. The van der Waals surface area contributed by atoms with E-state index >= 15 is 0 Å². The molecule has 3 rings (SSSR count). The van der Waals surface area contributed by atoms with E-state index in [0.717, 1.165) is 23.0 Å². The van der Waals surface area contributed by atoms with Crippen LogP contribution >= 0.6 is 0 Å². The third-order valence-corrected chi connectivity index (χ3v) is 5.44. The fourth-order valence-corrected chi connectivity index (χ4v) is 4.14. The first-order valence-electron chi connectivity index (χ1n) is 8.89. The zero-order chi connectivity index (χ0) is 17.1. The zero-order valence-electron chi connectivity index (χ0n) is 14.5. The first-order chi connectivity index (χ1) is 11.6. The lowest BCUT2D eigenvalue weighted by molar-refractivity contribution is -0.954. The molecule has 1 aromatic carbocycles. The summed E-state index contributed by atoms with van der Waals surface area (Å²) in [5.74, 6) is 0. The van der Waals surface area contributed by atoms with E-state index in [1.54, 1.807) is 0 Å². The number of aliphatic hydroxyl groups is 1. The number of likely N-dealkylation sites (tertiary alicyclic amines) is 1. The van der Waals surface area contributed by atoms with E-state index in [2.05, 4.69) is 23.6 Å². The summed E-state index contributed by atoms with van der Waals surface area (Å²) in [5, 5.41) is 23.7. The Morgan fingerprint density at radius 3 is 2.71 bits per heavy atom. The summed E-state index contributed by atoms with van der Waals surface area (Å²) in [4.78, 5) is 1.52. The van der Waals surface area contributed by atoms with Gasteiger partial charge >= 0.3 is 0 Å². The predicted octanol–water partition coefficient (Wildman–Crippen LogP) is 1.66. The lowest BCUT2D eigenvalue weighted by Crippen LogP contribution is -3.20. The van der Waals surface area contributed by atoms with E-state index in [0.29, 0.717) is 18.6 Å². The second kappa shape index (κ2) is 7.36. The van der Waals surface area contributed by atoms with Crippen LogP contribution in [0.4, 0.5) is 0 Å². The first-order valence-corrected chi connectivity index (χ1v) is 8.89. The maximum atomic E-state index is 10.7. The molecule has 1 unspecified atom stereocenters. The number of aliphatic hydroxyl groups excluding tert-OH is 1. The average Bonchev–Trinajstić information content (AvgIpc) is 2.90. The number of oxime groups is 1. The van der Waals surface area contributed by atoms with Crippen molar-refractivity contribution in [2.24, 2.45) is 5.16 Å². The fourth-order valence-electron chi connectivity index (χ4n) is 4.14. The normalized spacial score (nSPS) is 26.2. The summed E-state index contributed by atoms with van der Waals surface area (Å²) in [7, 11) is 0. The summed E-state index contributed by atoms with van der Waals surface area (Å²) in [6.07, 6.45) is 6.80. The topological polar surface area (TPSA) is 62.2 Å². The summed E-state index contributed by atoms with van der Waals surface area (Å²) in [6, 6.07) is 9.23. The average molecular weight is 330 g/mol. The molecule has 0 radical (unpaired) electrons. The Labute approximate surface area is 143 Å². The molecule has 1 aromatic heterocycles. The van der Waals surface area contributed by atoms with Gasteiger partial charge in [-0.15, -0.1) is 0 Å². The van der Waals surface area contributed by atoms with Crippen LogP contribution < -0.4 is 4.90 Å². The van der Waals surface area contributed by atoms with Gasteiger partial charge in [0.25, 0.3) is 0 Å². The fraction of sp³-hybridized carbons (Fsp3) is 0.526. The van der Waals surface area contributed by atoms with Gasteiger partial charge in [-0.2, -0.15) is 0 Å². The van der Waals surface area contributed by atoms with Crippen LogP contribution in [0.1, 0.15) is 38.7 Å².